The van der Waals surface area contributed by atoms with Gasteiger partial charge < -0.3 is 4.79 Å². The van der Waals surface area contributed by atoms with Crippen LogP contribution in [0.15, 0.2) is 29.7 Å². The molecule has 5 nitrogen and oxygen atoms in total. The molecule has 1 unspecified atom stereocenters. The van der Waals surface area contributed by atoms with E-state index in [1.165, 1.54) is 11.8 Å². The Labute approximate surface area is 96.7 Å². The second kappa shape index (κ2) is 4.89. The van der Waals surface area contributed by atoms with E-state index in [2.05, 4.69) is 20.2 Å². The first-order valence-electron chi connectivity index (χ1n) is 4.74. The molecule has 2 aromatic heterocycles. The molecule has 0 spiro atoms. The Hall–Kier alpha value is -1.69. The van der Waals surface area contributed by atoms with Gasteiger partial charge in [0.1, 0.15) is 6.29 Å². The van der Waals surface area contributed by atoms with Crippen molar-refractivity contribution >= 4 is 18.0 Å². The van der Waals surface area contributed by atoms with Gasteiger partial charge in [0.15, 0.2) is 5.82 Å². The summed E-state index contributed by atoms with van der Waals surface area (Å²) >= 11 is 1.32. The molecule has 1 N–H and O–H groups in total. The van der Waals surface area contributed by atoms with E-state index in [4.69, 9.17) is 0 Å². The van der Waals surface area contributed by atoms with Gasteiger partial charge in [-0.2, -0.15) is 0 Å². The summed E-state index contributed by atoms with van der Waals surface area (Å²) in [7, 11) is 0. The second-order valence-electron chi connectivity index (χ2n) is 3.16. The van der Waals surface area contributed by atoms with Crippen molar-refractivity contribution in [2.75, 3.05) is 0 Å². The summed E-state index contributed by atoms with van der Waals surface area (Å²) < 4.78 is 0. The van der Waals surface area contributed by atoms with E-state index in [0.717, 1.165) is 11.8 Å². The minimum absolute atomic E-state index is 0.138. The van der Waals surface area contributed by atoms with Crippen LogP contribution in [0.3, 0.4) is 0 Å². The molecule has 0 aliphatic rings. The number of carbonyl (C=O) groups excluding carboxylic acids is 1. The number of aldehydes is 1. The van der Waals surface area contributed by atoms with Crippen LogP contribution in [-0.4, -0.2) is 31.7 Å². The minimum Gasteiger partial charge on any atom is -0.302 e. The number of nitrogens with one attached hydrogen (secondary N) is 1. The van der Waals surface area contributed by atoms with Crippen LogP contribution in [0, 0.1) is 0 Å². The summed E-state index contributed by atoms with van der Waals surface area (Å²) in [5, 5.41) is 7.29. The van der Waals surface area contributed by atoms with Gasteiger partial charge >= 0.3 is 0 Å². The minimum atomic E-state index is -0.138. The molecule has 6 heteroatoms. The molecule has 16 heavy (non-hydrogen) atoms. The highest BCUT2D eigenvalue weighted by molar-refractivity contribution is 8.00. The zero-order chi connectivity index (χ0) is 11.4. The van der Waals surface area contributed by atoms with Crippen molar-refractivity contribution in [3.05, 3.63) is 24.5 Å². The number of thioether (sulfide) groups is 1. The third kappa shape index (κ3) is 2.46. The van der Waals surface area contributed by atoms with Crippen LogP contribution in [0.5, 0.6) is 0 Å². The number of aromatic nitrogens is 4. The number of pyridine rings is 1. The van der Waals surface area contributed by atoms with Crippen LogP contribution in [0.25, 0.3) is 11.4 Å². The van der Waals surface area contributed by atoms with E-state index in [1.807, 2.05) is 12.1 Å². The van der Waals surface area contributed by atoms with E-state index in [0.29, 0.717) is 11.0 Å². The Morgan fingerprint density at radius 2 is 2.19 bits per heavy atom. The van der Waals surface area contributed by atoms with Crippen molar-refractivity contribution in [2.24, 2.45) is 0 Å². The van der Waals surface area contributed by atoms with Gasteiger partial charge in [-0.25, -0.2) is 4.98 Å². The largest absolute Gasteiger partial charge is 0.302 e. The fourth-order valence-corrected chi connectivity index (χ4v) is 1.76. The van der Waals surface area contributed by atoms with Gasteiger partial charge in [0, 0.05) is 18.0 Å². The summed E-state index contributed by atoms with van der Waals surface area (Å²) in [6, 6.07) is 3.69. The van der Waals surface area contributed by atoms with Crippen molar-refractivity contribution in [2.45, 2.75) is 17.3 Å². The summed E-state index contributed by atoms with van der Waals surface area (Å²) in [4.78, 5) is 18.7. The highest BCUT2D eigenvalue weighted by Gasteiger charge is 2.09. The SMILES string of the molecule is CC(C=O)Sc1n[nH]c(-c2ccncc2)n1. The second-order valence-corrected chi connectivity index (χ2v) is 4.51. The smallest absolute Gasteiger partial charge is 0.209 e. The number of aromatic amines is 1. The van der Waals surface area contributed by atoms with Crippen molar-refractivity contribution in [1.82, 2.24) is 20.2 Å². The van der Waals surface area contributed by atoms with Crippen LogP contribution in [-0.2, 0) is 4.79 Å². The average molecular weight is 234 g/mol. The zero-order valence-corrected chi connectivity index (χ0v) is 9.44. The first kappa shape index (κ1) is 10.8. The van der Waals surface area contributed by atoms with E-state index < -0.39 is 0 Å². The molecule has 82 valence electrons. The third-order valence-corrected chi connectivity index (χ3v) is 2.78. The van der Waals surface area contributed by atoms with E-state index in [-0.39, 0.29) is 5.25 Å². The predicted molar refractivity (Wildman–Crippen MR) is 61.0 cm³/mol. The van der Waals surface area contributed by atoms with E-state index >= 15 is 0 Å². The monoisotopic (exact) mass is 234 g/mol. The molecule has 2 heterocycles. The zero-order valence-electron chi connectivity index (χ0n) is 8.62. The normalized spacial score (nSPS) is 12.3. The predicted octanol–water partition coefficient (Wildman–Crippen LogP) is 1.55. The molecule has 0 radical (unpaired) electrons. The van der Waals surface area contributed by atoms with Crippen LogP contribution < -0.4 is 0 Å². The van der Waals surface area contributed by atoms with Crippen LogP contribution in [0.1, 0.15) is 6.92 Å². The topological polar surface area (TPSA) is 71.5 Å². The number of nitrogens with zero attached hydrogens (tertiary/aromatic N) is 3. The number of hydrogen-bond acceptors (Lipinski definition) is 5. The Morgan fingerprint density at radius 1 is 1.44 bits per heavy atom. The quantitative estimate of drug-likeness (QED) is 0.642. The fourth-order valence-electron chi connectivity index (χ4n) is 1.13. The van der Waals surface area contributed by atoms with Gasteiger partial charge in [0.05, 0.1) is 5.25 Å². The first-order valence-corrected chi connectivity index (χ1v) is 5.62. The molecule has 0 amide bonds. The van der Waals surface area contributed by atoms with Crippen LogP contribution in [0.2, 0.25) is 0 Å². The van der Waals surface area contributed by atoms with Crippen molar-refractivity contribution < 1.29 is 4.79 Å². The maximum atomic E-state index is 10.5. The van der Waals surface area contributed by atoms with Crippen LogP contribution >= 0.6 is 11.8 Å². The molecule has 2 rings (SSSR count). The lowest BCUT2D eigenvalue weighted by molar-refractivity contribution is -0.107. The standard InChI is InChI=1S/C10H10N4OS/c1-7(6-15)16-10-12-9(13-14-10)8-2-4-11-5-3-8/h2-7H,1H3,(H,12,13,14). The Morgan fingerprint density at radius 3 is 2.88 bits per heavy atom. The molecule has 1 atom stereocenters. The molecule has 0 aliphatic heterocycles. The van der Waals surface area contributed by atoms with Gasteiger partial charge in [-0.05, 0) is 19.1 Å². The van der Waals surface area contributed by atoms with Gasteiger partial charge in [-0.15, -0.1) is 5.10 Å². The fraction of sp³-hybridized carbons (Fsp3) is 0.200. The summed E-state index contributed by atoms with van der Waals surface area (Å²) in [6.45, 7) is 1.81. The number of rotatable bonds is 4. The van der Waals surface area contributed by atoms with Crippen LogP contribution in [0.4, 0.5) is 0 Å². The Kier molecular flexibility index (Phi) is 3.31. The highest BCUT2D eigenvalue weighted by atomic mass is 32.2. The molecule has 0 aliphatic carbocycles. The average Bonchev–Trinajstić information content (AvgIpc) is 2.78. The number of hydrogen-bond donors (Lipinski definition) is 1. The number of carbonyl (C=O) groups is 1. The van der Waals surface area contributed by atoms with Gasteiger partial charge in [0.25, 0.3) is 0 Å². The molecule has 0 fully saturated rings. The van der Waals surface area contributed by atoms with Crippen molar-refractivity contribution in [3.63, 3.8) is 0 Å². The Bertz CT molecular complexity index is 471. The molecule has 0 aromatic carbocycles. The molecular formula is C10H10N4OS. The van der Waals surface area contributed by atoms with Gasteiger partial charge in [-0.1, -0.05) is 11.8 Å². The Balaban J connectivity index is 2.17. The lowest BCUT2D eigenvalue weighted by atomic mass is 10.3. The maximum Gasteiger partial charge on any atom is 0.209 e. The first-order chi connectivity index (χ1) is 7.79. The van der Waals surface area contributed by atoms with Crippen molar-refractivity contribution in [3.8, 4) is 11.4 Å². The lowest BCUT2D eigenvalue weighted by Gasteiger charge is -1.96. The van der Waals surface area contributed by atoms with Gasteiger partial charge in [-0.3, -0.25) is 10.1 Å². The van der Waals surface area contributed by atoms with Crippen molar-refractivity contribution in [1.29, 1.82) is 0 Å². The molecule has 2 aromatic rings. The van der Waals surface area contributed by atoms with E-state index in [1.54, 1.807) is 19.3 Å². The molecule has 0 bridgehead atoms. The summed E-state index contributed by atoms with van der Waals surface area (Å²) in [6.07, 6.45) is 4.25. The third-order valence-electron chi connectivity index (χ3n) is 1.90. The molecular weight excluding hydrogens is 224 g/mol. The van der Waals surface area contributed by atoms with E-state index in [9.17, 15) is 4.79 Å². The van der Waals surface area contributed by atoms with Gasteiger partial charge in [0.2, 0.25) is 5.16 Å². The number of H-pyrrole nitrogens is 1. The molecule has 0 saturated carbocycles. The summed E-state index contributed by atoms with van der Waals surface area (Å²) in [5.74, 6) is 0.683. The maximum absolute atomic E-state index is 10.5. The molecule has 0 saturated heterocycles. The lowest BCUT2D eigenvalue weighted by Crippen LogP contribution is -1.96. The summed E-state index contributed by atoms with van der Waals surface area (Å²) in [5.41, 5.74) is 0.924. The highest BCUT2D eigenvalue weighted by Crippen LogP contribution is 2.20.